The fourth-order valence-electron chi connectivity index (χ4n) is 2.61. The van der Waals surface area contributed by atoms with Crippen molar-refractivity contribution in [2.75, 3.05) is 4.72 Å². The fraction of sp³-hybridized carbons (Fsp3) is 0.0556. The van der Waals surface area contributed by atoms with E-state index in [0.717, 1.165) is 28.0 Å². The van der Waals surface area contributed by atoms with Gasteiger partial charge in [0.2, 0.25) is 0 Å². The summed E-state index contributed by atoms with van der Waals surface area (Å²) in [6.07, 6.45) is 1.94. The standard InChI is InChI=1S/C18H14FN3O2S2/c1-12-11-25-18-20-16(10-22(12)18)13-6-8-14(9-7-13)21-26(23,24)17-5-3-2-4-15(17)19/h2-11,21H,1H3. The van der Waals surface area contributed by atoms with E-state index in [4.69, 9.17) is 0 Å². The molecule has 0 unspecified atom stereocenters. The first-order chi connectivity index (χ1) is 12.4. The van der Waals surface area contributed by atoms with Crippen LogP contribution in [0.15, 0.2) is 65.0 Å². The Balaban J connectivity index is 1.61. The summed E-state index contributed by atoms with van der Waals surface area (Å²) >= 11 is 1.56. The Bertz CT molecular complexity index is 1190. The summed E-state index contributed by atoms with van der Waals surface area (Å²) in [6, 6.07) is 12.1. The molecule has 132 valence electrons. The molecule has 0 saturated carbocycles. The number of nitrogens with one attached hydrogen (secondary N) is 1. The molecule has 0 aliphatic heterocycles. The molecule has 0 bridgehead atoms. The van der Waals surface area contributed by atoms with E-state index in [2.05, 4.69) is 9.71 Å². The number of benzene rings is 2. The molecule has 4 aromatic rings. The largest absolute Gasteiger partial charge is 0.294 e. The molecule has 2 aromatic heterocycles. The Morgan fingerprint density at radius 2 is 1.85 bits per heavy atom. The van der Waals surface area contributed by atoms with Crippen LogP contribution in [0.5, 0.6) is 0 Å². The minimum Gasteiger partial charge on any atom is -0.294 e. The van der Waals surface area contributed by atoms with Crippen molar-refractivity contribution in [3.63, 3.8) is 0 Å². The molecule has 0 amide bonds. The molecule has 26 heavy (non-hydrogen) atoms. The molecule has 0 radical (unpaired) electrons. The second-order valence-electron chi connectivity index (χ2n) is 5.77. The number of halogens is 1. The Hall–Kier alpha value is -2.71. The maximum atomic E-state index is 13.7. The first-order valence-electron chi connectivity index (χ1n) is 7.75. The third kappa shape index (κ3) is 2.97. The number of nitrogens with zero attached hydrogens (tertiary/aromatic N) is 2. The highest BCUT2D eigenvalue weighted by atomic mass is 32.2. The summed E-state index contributed by atoms with van der Waals surface area (Å²) in [4.78, 5) is 5.08. The van der Waals surface area contributed by atoms with E-state index < -0.39 is 15.8 Å². The topological polar surface area (TPSA) is 63.5 Å². The van der Waals surface area contributed by atoms with Crippen molar-refractivity contribution in [2.24, 2.45) is 0 Å². The van der Waals surface area contributed by atoms with Crippen LogP contribution >= 0.6 is 11.3 Å². The lowest BCUT2D eigenvalue weighted by Gasteiger charge is -2.09. The summed E-state index contributed by atoms with van der Waals surface area (Å²) in [7, 11) is -3.98. The van der Waals surface area contributed by atoms with Gasteiger partial charge in [-0.15, -0.1) is 11.3 Å². The molecule has 8 heteroatoms. The van der Waals surface area contributed by atoms with Crippen molar-refractivity contribution in [1.82, 2.24) is 9.38 Å². The highest BCUT2D eigenvalue weighted by molar-refractivity contribution is 7.92. The van der Waals surface area contributed by atoms with E-state index in [9.17, 15) is 12.8 Å². The van der Waals surface area contributed by atoms with Gasteiger partial charge in [0.15, 0.2) is 4.96 Å². The van der Waals surface area contributed by atoms with Crippen molar-refractivity contribution in [2.45, 2.75) is 11.8 Å². The van der Waals surface area contributed by atoms with Crippen LogP contribution in [-0.2, 0) is 10.0 Å². The minimum absolute atomic E-state index is 0.356. The van der Waals surface area contributed by atoms with Crippen molar-refractivity contribution >= 4 is 32.0 Å². The predicted octanol–water partition coefficient (Wildman–Crippen LogP) is 4.31. The van der Waals surface area contributed by atoms with Crippen LogP contribution in [0.3, 0.4) is 0 Å². The van der Waals surface area contributed by atoms with Crippen LogP contribution in [0.25, 0.3) is 16.2 Å². The van der Waals surface area contributed by atoms with Crippen LogP contribution in [-0.4, -0.2) is 17.8 Å². The zero-order valence-electron chi connectivity index (χ0n) is 13.7. The third-order valence-electron chi connectivity index (χ3n) is 3.95. The summed E-state index contributed by atoms with van der Waals surface area (Å²) < 4.78 is 42.8. The summed E-state index contributed by atoms with van der Waals surface area (Å²) in [5.74, 6) is -0.787. The number of aromatic nitrogens is 2. The van der Waals surface area contributed by atoms with Gasteiger partial charge in [-0.1, -0.05) is 24.3 Å². The van der Waals surface area contributed by atoms with Crippen molar-refractivity contribution in [3.8, 4) is 11.3 Å². The van der Waals surface area contributed by atoms with Gasteiger partial charge in [0.1, 0.15) is 10.7 Å². The summed E-state index contributed by atoms with van der Waals surface area (Å²) in [5, 5.41) is 2.03. The molecule has 4 rings (SSSR count). The molecular weight excluding hydrogens is 373 g/mol. The average Bonchev–Trinajstić information content (AvgIpc) is 3.18. The third-order valence-corrected chi connectivity index (χ3v) is 6.32. The SMILES string of the molecule is Cc1csc2nc(-c3ccc(NS(=O)(=O)c4ccccc4F)cc3)cn12. The van der Waals surface area contributed by atoms with E-state index in [-0.39, 0.29) is 4.90 Å². The van der Waals surface area contributed by atoms with Crippen LogP contribution in [0.4, 0.5) is 10.1 Å². The molecule has 5 nitrogen and oxygen atoms in total. The minimum atomic E-state index is -3.98. The van der Waals surface area contributed by atoms with E-state index in [0.29, 0.717) is 5.69 Å². The molecule has 0 saturated heterocycles. The number of imidazole rings is 1. The van der Waals surface area contributed by atoms with E-state index in [1.54, 1.807) is 35.6 Å². The van der Waals surface area contributed by atoms with Gasteiger partial charge in [0.25, 0.3) is 10.0 Å². The molecule has 0 fully saturated rings. The van der Waals surface area contributed by atoms with Crippen molar-refractivity contribution in [3.05, 3.63) is 71.6 Å². The quantitative estimate of drug-likeness (QED) is 0.567. The lowest BCUT2D eigenvalue weighted by Crippen LogP contribution is -2.14. The van der Waals surface area contributed by atoms with Gasteiger partial charge >= 0.3 is 0 Å². The van der Waals surface area contributed by atoms with Gasteiger partial charge in [-0.05, 0) is 31.2 Å². The lowest BCUT2D eigenvalue weighted by molar-refractivity contribution is 0.570. The monoisotopic (exact) mass is 387 g/mol. The maximum absolute atomic E-state index is 13.7. The number of anilines is 1. The summed E-state index contributed by atoms with van der Waals surface area (Å²) in [6.45, 7) is 2.01. The van der Waals surface area contributed by atoms with Crippen LogP contribution in [0, 0.1) is 12.7 Å². The molecule has 0 spiro atoms. The number of hydrogen-bond acceptors (Lipinski definition) is 4. The number of rotatable bonds is 4. The normalized spacial score (nSPS) is 11.8. The van der Waals surface area contributed by atoms with Gasteiger partial charge < -0.3 is 0 Å². The Morgan fingerprint density at radius 1 is 1.12 bits per heavy atom. The average molecular weight is 387 g/mol. The van der Waals surface area contributed by atoms with Gasteiger partial charge in [0.05, 0.1) is 5.69 Å². The van der Waals surface area contributed by atoms with Gasteiger partial charge in [-0.3, -0.25) is 9.12 Å². The fourth-order valence-corrected chi connectivity index (χ4v) is 4.60. The Labute approximate surface area is 153 Å². The van der Waals surface area contributed by atoms with Crippen LogP contribution in [0.1, 0.15) is 5.69 Å². The molecule has 2 aromatic carbocycles. The second-order valence-corrected chi connectivity index (χ2v) is 8.26. The summed E-state index contributed by atoms with van der Waals surface area (Å²) in [5.41, 5.74) is 3.14. The van der Waals surface area contributed by atoms with E-state index in [1.807, 2.05) is 22.9 Å². The van der Waals surface area contributed by atoms with E-state index in [1.165, 1.54) is 18.2 Å². The van der Waals surface area contributed by atoms with Crippen LogP contribution < -0.4 is 4.72 Å². The highest BCUT2D eigenvalue weighted by Crippen LogP contribution is 2.25. The smallest absolute Gasteiger partial charge is 0.264 e. The molecule has 1 N–H and O–H groups in total. The number of fused-ring (bicyclic) bond motifs is 1. The lowest BCUT2D eigenvalue weighted by atomic mass is 10.1. The predicted molar refractivity (Wildman–Crippen MR) is 100 cm³/mol. The van der Waals surface area contributed by atoms with Crippen molar-refractivity contribution < 1.29 is 12.8 Å². The van der Waals surface area contributed by atoms with Gasteiger partial charge in [0, 0.05) is 28.5 Å². The van der Waals surface area contributed by atoms with Gasteiger partial charge in [-0.25, -0.2) is 17.8 Å². The zero-order valence-corrected chi connectivity index (χ0v) is 15.3. The van der Waals surface area contributed by atoms with E-state index >= 15 is 0 Å². The first kappa shape index (κ1) is 16.7. The molecule has 2 heterocycles. The Kier molecular flexibility index (Phi) is 4.01. The highest BCUT2D eigenvalue weighted by Gasteiger charge is 2.18. The van der Waals surface area contributed by atoms with Crippen molar-refractivity contribution in [1.29, 1.82) is 0 Å². The number of thiazole rings is 1. The van der Waals surface area contributed by atoms with Crippen LogP contribution in [0.2, 0.25) is 0 Å². The Morgan fingerprint density at radius 3 is 2.54 bits per heavy atom. The zero-order chi connectivity index (χ0) is 18.3. The van der Waals surface area contributed by atoms with Gasteiger partial charge in [-0.2, -0.15) is 0 Å². The number of aryl methyl sites for hydroxylation is 1. The second kappa shape index (κ2) is 6.22. The first-order valence-corrected chi connectivity index (χ1v) is 10.1. The molecular formula is C18H14FN3O2S2. The molecule has 0 atom stereocenters. The number of hydrogen-bond donors (Lipinski definition) is 1. The molecule has 0 aliphatic rings. The molecule has 0 aliphatic carbocycles. The number of sulfonamides is 1. The maximum Gasteiger partial charge on any atom is 0.264 e.